The van der Waals surface area contributed by atoms with Gasteiger partial charge in [-0.2, -0.15) is 0 Å². The van der Waals surface area contributed by atoms with Crippen LogP contribution in [0.1, 0.15) is 6.92 Å². The van der Waals surface area contributed by atoms with Crippen molar-refractivity contribution >= 4 is 5.97 Å². The Morgan fingerprint density at radius 1 is 1.08 bits per heavy atom. The van der Waals surface area contributed by atoms with Crippen LogP contribution in [-0.2, 0) is 4.79 Å². The highest BCUT2D eigenvalue weighted by Gasteiger charge is 1.76. The zero-order valence-corrected chi connectivity index (χ0v) is 6.97. The largest absolute Gasteiger partial charge is 0.478 e. The van der Waals surface area contributed by atoms with E-state index in [-0.39, 0.29) is 0 Å². The maximum absolute atomic E-state index is 9.51. The zero-order valence-electron chi connectivity index (χ0n) is 6.97. The molecule has 0 atom stereocenters. The lowest BCUT2D eigenvalue weighted by molar-refractivity contribution is -0.131. The van der Waals surface area contributed by atoms with Gasteiger partial charge in [0.25, 0.3) is 0 Å². The van der Waals surface area contributed by atoms with Gasteiger partial charge in [-0.15, -0.1) is 0 Å². The molecule has 0 saturated heterocycles. The molecule has 0 aromatic heterocycles. The Morgan fingerprint density at radius 2 is 1.42 bits per heavy atom. The average molecular weight is 164 g/mol. The molecule has 0 fully saturated rings. The van der Waals surface area contributed by atoms with Crippen LogP contribution in [0, 0.1) is 0 Å². The van der Waals surface area contributed by atoms with Crippen molar-refractivity contribution in [2.45, 2.75) is 6.92 Å². The van der Waals surface area contributed by atoms with Gasteiger partial charge in [0.05, 0.1) is 0 Å². The summed E-state index contributed by atoms with van der Waals surface area (Å²) in [5.74, 6) is -0.891. The Labute approximate surface area is 72.2 Å². The molecule has 64 valence electrons. The summed E-state index contributed by atoms with van der Waals surface area (Å²) in [6.07, 6.45) is 2.56. The Bertz CT molecular complexity index is 200. The van der Waals surface area contributed by atoms with E-state index in [1.807, 2.05) is 36.4 Å². The molecular weight excluding hydrogens is 152 g/mol. The molecule has 0 heterocycles. The lowest BCUT2D eigenvalue weighted by Crippen LogP contribution is -1.83. The Morgan fingerprint density at radius 3 is 1.50 bits per heavy atom. The second-order valence-electron chi connectivity index (χ2n) is 1.99. The van der Waals surface area contributed by atoms with Crippen LogP contribution in [0.3, 0.4) is 0 Å². The first-order valence-corrected chi connectivity index (χ1v) is 3.63. The summed E-state index contributed by atoms with van der Waals surface area (Å²) in [7, 11) is 0. The van der Waals surface area contributed by atoms with Crippen molar-refractivity contribution in [2.24, 2.45) is 0 Å². The Balaban J connectivity index is 0.000000202. The van der Waals surface area contributed by atoms with Gasteiger partial charge in [0.2, 0.25) is 0 Å². The summed E-state index contributed by atoms with van der Waals surface area (Å²) >= 11 is 0. The highest BCUT2D eigenvalue weighted by Crippen LogP contribution is 1.79. The molecule has 0 radical (unpaired) electrons. The summed E-state index contributed by atoms with van der Waals surface area (Å²) in [5, 5.41) is 7.83. The van der Waals surface area contributed by atoms with Crippen molar-refractivity contribution in [3.05, 3.63) is 48.6 Å². The third kappa shape index (κ3) is 8.43. The summed E-state index contributed by atoms with van der Waals surface area (Å²) in [4.78, 5) is 9.51. The molecule has 2 nitrogen and oxygen atoms in total. The first kappa shape index (κ1) is 10.4. The van der Waals surface area contributed by atoms with Crippen LogP contribution in [0.15, 0.2) is 48.6 Å². The molecule has 0 unspecified atom stereocenters. The van der Waals surface area contributed by atoms with Crippen LogP contribution in [0.5, 0.6) is 0 Å². The van der Waals surface area contributed by atoms with Gasteiger partial charge in [-0.1, -0.05) is 42.5 Å². The first-order chi connectivity index (χ1) is 5.77. The minimum absolute atomic E-state index is 0.891. The second-order valence-corrected chi connectivity index (χ2v) is 1.99. The minimum atomic E-state index is -0.891. The van der Waals surface area contributed by atoms with Crippen LogP contribution in [-0.4, -0.2) is 11.1 Å². The number of hydrogen-bond acceptors (Lipinski definition) is 1. The molecular formula is C10H12O2. The SMILES string of the molecule is CC=CC(=O)O.c1ccccc1. The third-order valence-electron chi connectivity index (χ3n) is 0.976. The minimum Gasteiger partial charge on any atom is -0.478 e. The standard InChI is InChI=1S/C6H6.C4H6O2/c1-2-4-6-5-3-1;1-2-3-4(5)6/h1-6H;2-3H,1H3,(H,5,6). The molecule has 12 heavy (non-hydrogen) atoms. The van der Waals surface area contributed by atoms with Gasteiger partial charge in [-0.05, 0) is 6.92 Å². The molecule has 0 amide bonds. The van der Waals surface area contributed by atoms with Crippen molar-refractivity contribution in [3.63, 3.8) is 0 Å². The topological polar surface area (TPSA) is 37.3 Å². The number of allylic oxidation sites excluding steroid dienone is 1. The fourth-order valence-corrected chi connectivity index (χ4v) is 0.527. The molecule has 0 aliphatic heterocycles. The molecule has 0 aliphatic carbocycles. The number of carboxylic acids is 1. The van der Waals surface area contributed by atoms with Crippen LogP contribution in [0.4, 0.5) is 0 Å². The van der Waals surface area contributed by atoms with Crippen molar-refractivity contribution in [3.8, 4) is 0 Å². The molecule has 0 aliphatic rings. The molecule has 1 N–H and O–H groups in total. The van der Waals surface area contributed by atoms with Gasteiger partial charge in [-0.3, -0.25) is 0 Å². The van der Waals surface area contributed by atoms with Crippen LogP contribution >= 0.6 is 0 Å². The van der Waals surface area contributed by atoms with Crippen LogP contribution in [0.25, 0.3) is 0 Å². The van der Waals surface area contributed by atoms with E-state index in [1.54, 1.807) is 6.92 Å². The maximum Gasteiger partial charge on any atom is 0.327 e. The Hall–Kier alpha value is -1.57. The lowest BCUT2D eigenvalue weighted by Gasteiger charge is -1.69. The van der Waals surface area contributed by atoms with E-state index in [0.29, 0.717) is 0 Å². The van der Waals surface area contributed by atoms with Gasteiger partial charge in [-0.25, -0.2) is 4.79 Å². The van der Waals surface area contributed by atoms with E-state index in [9.17, 15) is 4.79 Å². The Kier molecular flexibility index (Phi) is 6.55. The monoisotopic (exact) mass is 164 g/mol. The smallest absolute Gasteiger partial charge is 0.327 e. The number of carboxylic acid groups (broad SMARTS) is 1. The van der Waals surface area contributed by atoms with E-state index >= 15 is 0 Å². The van der Waals surface area contributed by atoms with E-state index in [2.05, 4.69) is 0 Å². The zero-order chi connectivity index (χ0) is 9.23. The predicted molar refractivity (Wildman–Crippen MR) is 48.9 cm³/mol. The van der Waals surface area contributed by atoms with E-state index < -0.39 is 5.97 Å². The van der Waals surface area contributed by atoms with Crippen LogP contribution < -0.4 is 0 Å². The summed E-state index contributed by atoms with van der Waals surface area (Å²) in [5.41, 5.74) is 0. The van der Waals surface area contributed by atoms with Crippen molar-refractivity contribution in [1.29, 1.82) is 0 Å². The number of rotatable bonds is 1. The number of aliphatic carboxylic acids is 1. The van der Waals surface area contributed by atoms with Gasteiger partial charge in [0, 0.05) is 6.08 Å². The van der Waals surface area contributed by atoms with E-state index in [4.69, 9.17) is 5.11 Å². The maximum atomic E-state index is 9.51. The van der Waals surface area contributed by atoms with Crippen LogP contribution in [0.2, 0.25) is 0 Å². The molecule has 0 saturated carbocycles. The normalized spacial score (nSPS) is 8.75. The number of benzene rings is 1. The summed E-state index contributed by atoms with van der Waals surface area (Å²) < 4.78 is 0. The molecule has 0 bridgehead atoms. The third-order valence-corrected chi connectivity index (χ3v) is 0.976. The van der Waals surface area contributed by atoms with E-state index in [0.717, 1.165) is 6.08 Å². The van der Waals surface area contributed by atoms with E-state index in [1.165, 1.54) is 6.08 Å². The van der Waals surface area contributed by atoms with Crippen molar-refractivity contribution in [2.75, 3.05) is 0 Å². The highest BCUT2D eigenvalue weighted by atomic mass is 16.4. The molecule has 2 heteroatoms. The lowest BCUT2D eigenvalue weighted by atomic mass is 10.4. The quantitative estimate of drug-likeness (QED) is 0.647. The van der Waals surface area contributed by atoms with Gasteiger partial charge < -0.3 is 5.11 Å². The fraction of sp³-hybridized carbons (Fsp3) is 0.100. The fourth-order valence-electron chi connectivity index (χ4n) is 0.527. The molecule has 1 rings (SSSR count). The summed E-state index contributed by atoms with van der Waals surface area (Å²) in [6.45, 7) is 1.66. The van der Waals surface area contributed by atoms with Gasteiger partial charge in [0.1, 0.15) is 0 Å². The van der Waals surface area contributed by atoms with Gasteiger partial charge >= 0.3 is 5.97 Å². The first-order valence-electron chi connectivity index (χ1n) is 3.63. The summed E-state index contributed by atoms with van der Waals surface area (Å²) in [6, 6.07) is 12.0. The van der Waals surface area contributed by atoms with Gasteiger partial charge in [0.15, 0.2) is 0 Å². The average Bonchev–Trinajstić information content (AvgIpc) is 2.08. The molecule has 0 spiro atoms. The molecule has 1 aromatic rings. The second kappa shape index (κ2) is 7.54. The highest BCUT2D eigenvalue weighted by molar-refractivity contribution is 5.79. The predicted octanol–water partition coefficient (Wildman–Crippen LogP) is 2.33. The molecule has 1 aromatic carbocycles. The number of carbonyl (C=O) groups is 1. The number of hydrogen-bond donors (Lipinski definition) is 1. The van der Waals surface area contributed by atoms with Crippen molar-refractivity contribution < 1.29 is 9.90 Å². The van der Waals surface area contributed by atoms with Crippen molar-refractivity contribution in [1.82, 2.24) is 0 Å².